The second-order valence-electron chi connectivity index (χ2n) is 6.41. The van der Waals surface area contributed by atoms with E-state index in [9.17, 15) is 0 Å². The highest BCUT2D eigenvalue weighted by Gasteiger charge is 2.48. The molecule has 1 aromatic carbocycles. The summed E-state index contributed by atoms with van der Waals surface area (Å²) in [6.07, 6.45) is 1.49. The lowest BCUT2D eigenvalue weighted by atomic mass is 9.64. The highest BCUT2D eigenvalue weighted by molar-refractivity contribution is 7.19. The standard InChI is InChI=1S/C17H23NOS/c1-11(18-15-10-16(19-4)17(15,2)3)14-9-12-7-5-6-8-13(12)20-14/h5-9,11,15-16,18H,10H2,1-4H3. The maximum atomic E-state index is 5.53. The van der Waals surface area contributed by atoms with Gasteiger partial charge in [0.1, 0.15) is 0 Å². The number of rotatable bonds is 4. The molecule has 0 spiro atoms. The van der Waals surface area contributed by atoms with Crippen LogP contribution in [0.3, 0.4) is 0 Å². The van der Waals surface area contributed by atoms with Gasteiger partial charge in [-0.25, -0.2) is 0 Å². The molecule has 1 saturated carbocycles. The number of hydrogen-bond acceptors (Lipinski definition) is 3. The zero-order chi connectivity index (χ0) is 14.3. The predicted molar refractivity (Wildman–Crippen MR) is 86.4 cm³/mol. The van der Waals surface area contributed by atoms with E-state index in [-0.39, 0.29) is 5.41 Å². The van der Waals surface area contributed by atoms with Gasteiger partial charge in [-0.05, 0) is 30.9 Å². The van der Waals surface area contributed by atoms with E-state index in [4.69, 9.17) is 4.74 Å². The van der Waals surface area contributed by atoms with E-state index < -0.39 is 0 Å². The van der Waals surface area contributed by atoms with Crippen molar-refractivity contribution in [1.29, 1.82) is 0 Å². The average Bonchev–Trinajstić information content (AvgIpc) is 2.86. The topological polar surface area (TPSA) is 21.3 Å². The largest absolute Gasteiger partial charge is 0.381 e. The number of fused-ring (bicyclic) bond motifs is 1. The first kappa shape index (κ1) is 14.1. The van der Waals surface area contributed by atoms with Crippen LogP contribution in [0.5, 0.6) is 0 Å². The van der Waals surface area contributed by atoms with Crippen LogP contribution in [-0.4, -0.2) is 19.3 Å². The first-order valence-corrected chi connectivity index (χ1v) is 8.11. The third-order valence-corrected chi connectivity index (χ3v) is 6.08. The second-order valence-corrected chi connectivity index (χ2v) is 7.52. The molecule has 3 heteroatoms. The van der Waals surface area contributed by atoms with E-state index in [1.165, 1.54) is 15.0 Å². The van der Waals surface area contributed by atoms with E-state index in [2.05, 4.69) is 56.4 Å². The normalized spacial score (nSPS) is 26.4. The third-order valence-electron chi connectivity index (χ3n) is 4.78. The van der Waals surface area contributed by atoms with Crippen LogP contribution >= 0.6 is 11.3 Å². The summed E-state index contributed by atoms with van der Waals surface area (Å²) in [5.41, 5.74) is 0.222. The van der Waals surface area contributed by atoms with Crippen LogP contribution in [-0.2, 0) is 4.74 Å². The van der Waals surface area contributed by atoms with Gasteiger partial charge in [-0.2, -0.15) is 0 Å². The molecule has 0 bridgehead atoms. The summed E-state index contributed by atoms with van der Waals surface area (Å²) in [7, 11) is 1.82. The molecule has 2 nitrogen and oxygen atoms in total. The van der Waals surface area contributed by atoms with Gasteiger partial charge < -0.3 is 10.1 Å². The van der Waals surface area contributed by atoms with Crippen molar-refractivity contribution in [3.05, 3.63) is 35.2 Å². The lowest BCUT2D eigenvalue weighted by molar-refractivity contribution is -0.0998. The summed E-state index contributed by atoms with van der Waals surface area (Å²) < 4.78 is 6.90. The molecule has 3 rings (SSSR count). The van der Waals surface area contributed by atoms with Crippen molar-refractivity contribution in [2.45, 2.75) is 45.4 Å². The molecule has 1 fully saturated rings. The van der Waals surface area contributed by atoms with Crippen molar-refractivity contribution in [3.8, 4) is 0 Å². The average molecular weight is 289 g/mol. The van der Waals surface area contributed by atoms with Gasteiger partial charge in [0.2, 0.25) is 0 Å². The van der Waals surface area contributed by atoms with Crippen LogP contribution in [0.25, 0.3) is 10.1 Å². The fraction of sp³-hybridized carbons (Fsp3) is 0.529. The van der Waals surface area contributed by atoms with E-state index in [1.807, 2.05) is 18.4 Å². The number of hydrogen-bond donors (Lipinski definition) is 1. The van der Waals surface area contributed by atoms with Gasteiger partial charge in [0.05, 0.1) is 6.10 Å². The van der Waals surface area contributed by atoms with Crippen LogP contribution < -0.4 is 5.32 Å². The molecule has 1 heterocycles. The van der Waals surface area contributed by atoms with Gasteiger partial charge in [0.25, 0.3) is 0 Å². The Labute approximate surface area is 125 Å². The highest BCUT2D eigenvalue weighted by atomic mass is 32.1. The van der Waals surface area contributed by atoms with Gasteiger partial charge in [0.15, 0.2) is 0 Å². The van der Waals surface area contributed by atoms with Crippen LogP contribution in [0.1, 0.15) is 38.1 Å². The van der Waals surface area contributed by atoms with Crippen molar-refractivity contribution in [3.63, 3.8) is 0 Å². The van der Waals surface area contributed by atoms with E-state index in [0.717, 1.165) is 6.42 Å². The van der Waals surface area contributed by atoms with Crippen molar-refractivity contribution < 1.29 is 4.74 Å². The minimum Gasteiger partial charge on any atom is -0.381 e. The maximum absolute atomic E-state index is 5.53. The Morgan fingerprint density at radius 1 is 1.35 bits per heavy atom. The summed E-state index contributed by atoms with van der Waals surface area (Å²) >= 11 is 1.89. The molecular weight excluding hydrogens is 266 g/mol. The van der Waals surface area contributed by atoms with Gasteiger partial charge >= 0.3 is 0 Å². The minimum atomic E-state index is 0.222. The van der Waals surface area contributed by atoms with E-state index in [1.54, 1.807) is 0 Å². The molecule has 0 amide bonds. The van der Waals surface area contributed by atoms with Gasteiger partial charge in [0, 0.05) is 34.2 Å². The monoisotopic (exact) mass is 289 g/mol. The first-order valence-electron chi connectivity index (χ1n) is 7.29. The number of methoxy groups -OCH3 is 1. The van der Waals surface area contributed by atoms with Gasteiger partial charge in [-0.3, -0.25) is 0 Å². The fourth-order valence-electron chi connectivity index (χ4n) is 3.17. The van der Waals surface area contributed by atoms with Crippen LogP contribution in [0.15, 0.2) is 30.3 Å². The molecule has 3 unspecified atom stereocenters. The molecule has 20 heavy (non-hydrogen) atoms. The quantitative estimate of drug-likeness (QED) is 0.902. The maximum Gasteiger partial charge on any atom is 0.0652 e. The fourth-order valence-corrected chi connectivity index (χ4v) is 4.24. The van der Waals surface area contributed by atoms with Gasteiger partial charge in [-0.15, -0.1) is 11.3 Å². The van der Waals surface area contributed by atoms with Crippen LogP contribution in [0, 0.1) is 5.41 Å². The van der Waals surface area contributed by atoms with Gasteiger partial charge in [-0.1, -0.05) is 32.0 Å². The van der Waals surface area contributed by atoms with Crippen LogP contribution in [0.4, 0.5) is 0 Å². The Morgan fingerprint density at radius 3 is 2.75 bits per heavy atom. The molecule has 1 aliphatic carbocycles. The molecular formula is C17H23NOS. The molecule has 3 atom stereocenters. The zero-order valence-corrected chi connectivity index (χ0v) is 13.5. The first-order chi connectivity index (χ1) is 9.52. The molecule has 1 N–H and O–H groups in total. The Hall–Kier alpha value is -0.900. The Balaban J connectivity index is 1.72. The van der Waals surface area contributed by atoms with Crippen molar-refractivity contribution in [1.82, 2.24) is 5.32 Å². The summed E-state index contributed by atoms with van der Waals surface area (Å²) in [4.78, 5) is 1.42. The molecule has 0 saturated heterocycles. The lowest BCUT2D eigenvalue weighted by Gasteiger charge is -2.52. The van der Waals surface area contributed by atoms with Crippen molar-refractivity contribution >= 4 is 21.4 Å². The van der Waals surface area contributed by atoms with Crippen molar-refractivity contribution in [2.75, 3.05) is 7.11 Å². The molecule has 108 valence electrons. The number of thiophene rings is 1. The lowest BCUT2D eigenvalue weighted by Crippen LogP contribution is -2.60. The molecule has 2 aromatic rings. The third kappa shape index (κ3) is 2.28. The summed E-state index contributed by atoms with van der Waals surface area (Å²) in [6, 6.07) is 11.9. The van der Waals surface area contributed by atoms with E-state index in [0.29, 0.717) is 18.2 Å². The molecule has 0 aliphatic heterocycles. The summed E-state index contributed by atoms with van der Waals surface area (Å²) in [6.45, 7) is 6.85. The second kappa shape index (κ2) is 5.14. The SMILES string of the molecule is COC1CC(NC(C)c2cc3ccccc3s2)C1(C)C. The number of ether oxygens (including phenoxy) is 1. The van der Waals surface area contributed by atoms with Crippen LogP contribution in [0.2, 0.25) is 0 Å². The van der Waals surface area contributed by atoms with Crippen molar-refractivity contribution in [2.24, 2.45) is 5.41 Å². The smallest absolute Gasteiger partial charge is 0.0652 e. The summed E-state index contributed by atoms with van der Waals surface area (Å²) in [5.74, 6) is 0. The Kier molecular flexibility index (Phi) is 3.61. The Bertz CT molecular complexity index is 571. The van der Waals surface area contributed by atoms with E-state index >= 15 is 0 Å². The highest BCUT2D eigenvalue weighted by Crippen LogP contribution is 2.43. The minimum absolute atomic E-state index is 0.222. The zero-order valence-electron chi connectivity index (χ0n) is 12.6. The number of benzene rings is 1. The molecule has 1 aromatic heterocycles. The summed E-state index contributed by atoms with van der Waals surface area (Å²) in [5, 5.41) is 5.13. The number of nitrogens with one attached hydrogen (secondary N) is 1. The molecule has 0 radical (unpaired) electrons. The Morgan fingerprint density at radius 2 is 2.10 bits per heavy atom. The predicted octanol–water partition coefficient (Wildman–Crippen LogP) is 4.37. The molecule has 1 aliphatic rings.